The number of hydrogen-bond donors (Lipinski definition) is 2. The summed E-state index contributed by atoms with van der Waals surface area (Å²) in [5, 5.41) is 9.33. The maximum Gasteiger partial charge on any atom is 0.416 e. The van der Waals surface area contributed by atoms with Crippen LogP contribution in [0.5, 0.6) is 5.75 Å². The van der Waals surface area contributed by atoms with Gasteiger partial charge >= 0.3 is 6.18 Å². The number of phenolic OH excluding ortho intramolecular Hbond substituents is 1. The Balaban J connectivity index is 2.98. The maximum absolute atomic E-state index is 12.2. The van der Waals surface area contributed by atoms with E-state index < -0.39 is 17.5 Å². The van der Waals surface area contributed by atoms with Crippen molar-refractivity contribution in [2.75, 3.05) is 5.75 Å². The molecule has 5 heteroatoms. The smallest absolute Gasteiger partial charge is 0.416 e. The van der Waals surface area contributed by atoms with Crippen molar-refractivity contribution in [2.24, 2.45) is 0 Å². The van der Waals surface area contributed by atoms with Crippen LogP contribution in [0, 0.1) is 11.8 Å². The Morgan fingerprint density at radius 1 is 1.31 bits per heavy atom. The molecule has 0 aliphatic rings. The third-order valence-electron chi connectivity index (χ3n) is 1.78. The third kappa shape index (κ3) is 3.38. The maximum atomic E-state index is 12.2. The zero-order valence-electron chi connectivity index (χ0n) is 8.17. The van der Waals surface area contributed by atoms with E-state index in [9.17, 15) is 18.3 Å². The average molecular weight is 246 g/mol. The van der Waals surface area contributed by atoms with Gasteiger partial charge in [-0.3, -0.25) is 0 Å². The summed E-state index contributed by atoms with van der Waals surface area (Å²) in [5.41, 5.74) is -0.695. The summed E-state index contributed by atoms with van der Waals surface area (Å²) in [6, 6.07) is 2.72. The van der Waals surface area contributed by atoms with E-state index in [4.69, 9.17) is 0 Å². The van der Waals surface area contributed by atoms with Crippen molar-refractivity contribution in [3.63, 3.8) is 0 Å². The molecule has 0 spiro atoms. The van der Waals surface area contributed by atoms with Crippen LogP contribution in [-0.2, 0) is 6.18 Å². The topological polar surface area (TPSA) is 20.2 Å². The first-order chi connectivity index (χ1) is 7.45. The SMILES string of the molecule is Oc1cc(C(F)(F)F)ccc1C#CCCS. The molecule has 1 nitrogen and oxygen atoms in total. The summed E-state index contributed by atoms with van der Waals surface area (Å²) < 4.78 is 36.7. The van der Waals surface area contributed by atoms with Crippen molar-refractivity contribution in [1.29, 1.82) is 0 Å². The Morgan fingerprint density at radius 3 is 2.50 bits per heavy atom. The molecule has 1 rings (SSSR count). The molecule has 0 fully saturated rings. The van der Waals surface area contributed by atoms with Crippen LogP contribution in [-0.4, -0.2) is 10.9 Å². The molecule has 0 aromatic heterocycles. The molecule has 0 saturated carbocycles. The van der Waals surface area contributed by atoms with Gasteiger partial charge in [0.05, 0.1) is 11.1 Å². The number of phenols is 1. The van der Waals surface area contributed by atoms with Gasteiger partial charge in [-0.1, -0.05) is 11.8 Å². The third-order valence-corrected chi connectivity index (χ3v) is 2.01. The Labute approximate surface area is 96.7 Å². The summed E-state index contributed by atoms with van der Waals surface area (Å²) in [6.07, 6.45) is -3.93. The van der Waals surface area contributed by atoms with Crippen LogP contribution in [0.2, 0.25) is 0 Å². The van der Waals surface area contributed by atoms with Crippen molar-refractivity contribution in [3.8, 4) is 17.6 Å². The van der Waals surface area contributed by atoms with Gasteiger partial charge < -0.3 is 5.11 Å². The molecule has 0 bridgehead atoms. The van der Waals surface area contributed by atoms with E-state index in [1.807, 2.05) is 0 Å². The van der Waals surface area contributed by atoms with E-state index in [0.717, 1.165) is 12.1 Å². The van der Waals surface area contributed by atoms with Crippen molar-refractivity contribution >= 4 is 12.6 Å². The zero-order chi connectivity index (χ0) is 12.2. The molecule has 86 valence electrons. The van der Waals surface area contributed by atoms with Gasteiger partial charge in [-0.2, -0.15) is 25.8 Å². The molecular formula is C11H9F3OS. The van der Waals surface area contributed by atoms with Crippen molar-refractivity contribution in [1.82, 2.24) is 0 Å². The first kappa shape index (κ1) is 12.8. The van der Waals surface area contributed by atoms with E-state index in [-0.39, 0.29) is 5.56 Å². The summed E-state index contributed by atoms with van der Waals surface area (Å²) in [4.78, 5) is 0. The summed E-state index contributed by atoms with van der Waals surface area (Å²) in [6.45, 7) is 0. The van der Waals surface area contributed by atoms with Crippen LogP contribution in [0.1, 0.15) is 17.5 Å². The van der Waals surface area contributed by atoms with E-state index >= 15 is 0 Å². The second-order valence-electron chi connectivity index (χ2n) is 3.01. The van der Waals surface area contributed by atoms with Gasteiger partial charge in [0.25, 0.3) is 0 Å². The van der Waals surface area contributed by atoms with Crippen molar-refractivity contribution in [2.45, 2.75) is 12.6 Å². The lowest BCUT2D eigenvalue weighted by Gasteiger charge is -2.07. The highest BCUT2D eigenvalue weighted by Gasteiger charge is 2.30. The average Bonchev–Trinajstić information content (AvgIpc) is 2.19. The molecule has 1 aromatic carbocycles. The predicted molar refractivity (Wildman–Crippen MR) is 58.5 cm³/mol. The van der Waals surface area contributed by atoms with Crippen LogP contribution < -0.4 is 0 Å². The minimum Gasteiger partial charge on any atom is -0.507 e. The molecule has 1 aromatic rings. The Hall–Kier alpha value is -1.28. The largest absolute Gasteiger partial charge is 0.507 e. The number of benzene rings is 1. The number of thiol groups is 1. The number of hydrogen-bond acceptors (Lipinski definition) is 2. The lowest BCUT2D eigenvalue weighted by Crippen LogP contribution is -2.04. The Bertz CT molecular complexity index is 429. The van der Waals surface area contributed by atoms with E-state index in [0.29, 0.717) is 18.2 Å². The Kier molecular flexibility index (Phi) is 4.13. The quantitative estimate of drug-likeness (QED) is 0.576. The number of halogens is 3. The second-order valence-corrected chi connectivity index (χ2v) is 3.45. The molecule has 0 unspecified atom stereocenters. The van der Waals surface area contributed by atoms with Crippen molar-refractivity contribution in [3.05, 3.63) is 29.3 Å². The van der Waals surface area contributed by atoms with Gasteiger partial charge in [0.2, 0.25) is 0 Å². The molecule has 0 heterocycles. The molecular weight excluding hydrogens is 237 g/mol. The Morgan fingerprint density at radius 2 is 2.00 bits per heavy atom. The predicted octanol–water partition coefficient (Wildman–Crippen LogP) is 3.08. The van der Waals surface area contributed by atoms with E-state index in [1.54, 1.807) is 0 Å². The summed E-state index contributed by atoms with van der Waals surface area (Å²) in [7, 11) is 0. The molecule has 0 radical (unpaired) electrons. The first-order valence-electron chi connectivity index (χ1n) is 4.45. The fourth-order valence-electron chi connectivity index (χ4n) is 1.03. The minimum atomic E-state index is -4.45. The highest BCUT2D eigenvalue weighted by molar-refractivity contribution is 7.80. The fraction of sp³-hybridized carbons (Fsp3) is 0.273. The highest BCUT2D eigenvalue weighted by Crippen LogP contribution is 2.32. The molecule has 0 aliphatic heterocycles. The van der Waals surface area contributed by atoms with Gasteiger partial charge in [0.1, 0.15) is 5.75 Å². The van der Waals surface area contributed by atoms with Crippen LogP contribution in [0.15, 0.2) is 18.2 Å². The molecule has 1 N–H and O–H groups in total. The molecule has 16 heavy (non-hydrogen) atoms. The standard InChI is InChI=1S/C11H9F3OS/c12-11(13,14)9-5-4-8(10(15)7-9)3-1-2-6-16/h4-5,7,15-16H,2,6H2. The van der Waals surface area contributed by atoms with Crippen LogP contribution >= 0.6 is 12.6 Å². The first-order valence-corrected chi connectivity index (χ1v) is 5.08. The lowest BCUT2D eigenvalue weighted by atomic mass is 10.1. The van der Waals surface area contributed by atoms with E-state index in [2.05, 4.69) is 24.5 Å². The summed E-state index contributed by atoms with van der Waals surface area (Å²) in [5.74, 6) is 5.37. The van der Waals surface area contributed by atoms with Crippen LogP contribution in [0.3, 0.4) is 0 Å². The van der Waals surface area contributed by atoms with Crippen molar-refractivity contribution < 1.29 is 18.3 Å². The van der Waals surface area contributed by atoms with Crippen LogP contribution in [0.25, 0.3) is 0 Å². The monoisotopic (exact) mass is 246 g/mol. The number of alkyl halides is 3. The van der Waals surface area contributed by atoms with Crippen LogP contribution in [0.4, 0.5) is 13.2 Å². The molecule has 0 aliphatic carbocycles. The zero-order valence-corrected chi connectivity index (χ0v) is 9.07. The number of aromatic hydroxyl groups is 1. The fourth-order valence-corrected chi connectivity index (χ4v) is 1.14. The van der Waals surface area contributed by atoms with Gasteiger partial charge in [0, 0.05) is 12.2 Å². The van der Waals surface area contributed by atoms with Gasteiger partial charge in [-0.15, -0.1) is 0 Å². The normalized spacial score (nSPS) is 10.8. The molecule has 0 saturated heterocycles. The lowest BCUT2D eigenvalue weighted by molar-refractivity contribution is -0.137. The van der Waals surface area contributed by atoms with Gasteiger partial charge in [0.15, 0.2) is 0 Å². The number of rotatable bonds is 1. The summed E-state index contributed by atoms with van der Waals surface area (Å²) >= 11 is 3.93. The second kappa shape index (κ2) is 5.17. The molecule has 0 amide bonds. The van der Waals surface area contributed by atoms with Gasteiger partial charge in [-0.25, -0.2) is 0 Å². The van der Waals surface area contributed by atoms with Gasteiger partial charge in [-0.05, 0) is 18.2 Å². The van der Waals surface area contributed by atoms with E-state index in [1.165, 1.54) is 0 Å². The molecule has 0 atom stereocenters. The highest BCUT2D eigenvalue weighted by atomic mass is 32.1. The minimum absolute atomic E-state index is 0.190.